The van der Waals surface area contributed by atoms with Crippen LogP contribution in [0.1, 0.15) is 28.0 Å². The molecule has 0 bridgehead atoms. The van der Waals surface area contributed by atoms with E-state index in [1.54, 1.807) is 25.1 Å². The number of anilines is 1. The first-order valence-electron chi connectivity index (χ1n) is 8.56. The van der Waals surface area contributed by atoms with E-state index in [0.717, 1.165) is 6.07 Å². The Kier molecular flexibility index (Phi) is 4.22. The van der Waals surface area contributed by atoms with Crippen LogP contribution in [-0.2, 0) is 6.42 Å². The van der Waals surface area contributed by atoms with Gasteiger partial charge in [0.1, 0.15) is 23.1 Å². The van der Waals surface area contributed by atoms with Crippen LogP contribution in [-0.4, -0.2) is 22.2 Å². The molecule has 1 amide bonds. The molecule has 1 aliphatic rings. The quantitative estimate of drug-likeness (QED) is 0.677. The topological polar surface area (TPSA) is 38.1 Å². The minimum absolute atomic E-state index is 0.227. The third-order valence-electron chi connectivity index (χ3n) is 4.80. The van der Waals surface area contributed by atoms with Gasteiger partial charge < -0.3 is 4.90 Å². The Hall–Kier alpha value is -3.09. The lowest BCUT2D eigenvalue weighted by atomic mass is 10.00. The van der Waals surface area contributed by atoms with Gasteiger partial charge in [-0.25, -0.2) is 17.9 Å². The van der Waals surface area contributed by atoms with E-state index >= 15 is 0 Å². The fourth-order valence-corrected chi connectivity index (χ4v) is 3.45. The lowest BCUT2D eigenvalue weighted by molar-refractivity contribution is 0.0984. The molecule has 0 aliphatic carbocycles. The zero-order valence-electron chi connectivity index (χ0n) is 14.5. The van der Waals surface area contributed by atoms with Gasteiger partial charge in [-0.3, -0.25) is 4.79 Å². The van der Waals surface area contributed by atoms with E-state index in [9.17, 15) is 18.0 Å². The molecule has 0 spiro atoms. The molecule has 4 rings (SSSR count). The Morgan fingerprint density at radius 1 is 1.07 bits per heavy atom. The number of carbonyl (C=O) groups is 1. The summed E-state index contributed by atoms with van der Waals surface area (Å²) in [4.78, 5) is 14.4. The summed E-state index contributed by atoms with van der Waals surface area (Å²) in [6, 6.07) is 8.11. The summed E-state index contributed by atoms with van der Waals surface area (Å²) in [5.41, 5.74) is 1.51. The molecule has 7 heteroatoms. The van der Waals surface area contributed by atoms with E-state index in [1.165, 1.54) is 27.9 Å². The molecule has 4 nitrogen and oxygen atoms in total. The Labute approximate surface area is 153 Å². The fraction of sp³-hybridized carbons (Fsp3) is 0.200. The van der Waals surface area contributed by atoms with Gasteiger partial charge >= 0.3 is 0 Å². The SMILES string of the molecule is Cc1c(C(=O)N2CCCc3c(F)cc(F)cc32)cnn1-c1ccccc1F. The maximum atomic E-state index is 14.1. The molecule has 0 unspecified atom stereocenters. The van der Waals surface area contributed by atoms with Gasteiger partial charge in [-0.15, -0.1) is 0 Å². The summed E-state index contributed by atoms with van der Waals surface area (Å²) >= 11 is 0. The third kappa shape index (κ3) is 2.89. The number of benzene rings is 2. The second-order valence-corrected chi connectivity index (χ2v) is 6.45. The van der Waals surface area contributed by atoms with Crippen molar-refractivity contribution < 1.29 is 18.0 Å². The Morgan fingerprint density at radius 3 is 2.63 bits per heavy atom. The van der Waals surface area contributed by atoms with Gasteiger partial charge in [-0.1, -0.05) is 12.1 Å². The van der Waals surface area contributed by atoms with Crippen molar-refractivity contribution in [3.05, 3.63) is 76.9 Å². The van der Waals surface area contributed by atoms with Gasteiger partial charge in [-0.2, -0.15) is 5.10 Å². The summed E-state index contributed by atoms with van der Waals surface area (Å²) in [7, 11) is 0. The van der Waals surface area contributed by atoms with Crippen LogP contribution in [0.25, 0.3) is 5.69 Å². The zero-order chi connectivity index (χ0) is 19.1. The number of hydrogen-bond donors (Lipinski definition) is 0. The predicted octanol–water partition coefficient (Wildman–Crippen LogP) is 4.19. The van der Waals surface area contributed by atoms with Crippen molar-refractivity contribution in [2.45, 2.75) is 19.8 Å². The van der Waals surface area contributed by atoms with Gasteiger partial charge in [0.05, 0.1) is 23.1 Å². The monoisotopic (exact) mass is 371 g/mol. The normalized spacial score (nSPS) is 13.6. The lowest BCUT2D eigenvalue weighted by Crippen LogP contribution is -2.36. The van der Waals surface area contributed by atoms with Gasteiger partial charge in [-0.05, 0) is 38.0 Å². The highest BCUT2D eigenvalue weighted by molar-refractivity contribution is 6.07. The van der Waals surface area contributed by atoms with Crippen LogP contribution in [0.15, 0.2) is 42.6 Å². The minimum Gasteiger partial charge on any atom is -0.308 e. The smallest absolute Gasteiger partial charge is 0.261 e. The standard InChI is InChI=1S/C20H16F3N3O/c1-12-15(11-24-26(12)18-7-3-2-6-16(18)22)20(27)25-8-4-5-14-17(23)9-13(21)10-19(14)25/h2-3,6-7,9-11H,4-5,8H2,1H3. The minimum atomic E-state index is -0.732. The zero-order valence-corrected chi connectivity index (χ0v) is 14.5. The molecule has 0 fully saturated rings. The van der Waals surface area contributed by atoms with E-state index in [2.05, 4.69) is 5.10 Å². The van der Waals surface area contributed by atoms with E-state index in [0.29, 0.717) is 30.6 Å². The summed E-state index contributed by atoms with van der Waals surface area (Å²) in [6.07, 6.45) is 2.37. The van der Waals surface area contributed by atoms with Crippen LogP contribution in [0.2, 0.25) is 0 Å². The van der Waals surface area contributed by atoms with Crippen molar-refractivity contribution in [3.63, 3.8) is 0 Å². The number of amides is 1. The molecule has 0 radical (unpaired) electrons. The first-order valence-corrected chi connectivity index (χ1v) is 8.56. The predicted molar refractivity (Wildman–Crippen MR) is 94.6 cm³/mol. The van der Waals surface area contributed by atoms with Crippen LogP contribution in [0, 0.1) is 24.4 Å². The molecular formula is C20H16F3N3O. The van der Waals surface area contributed by atoms with Crippen LogP contribution >= 0.6 is 0 Å². The van der Waals surface area contributed by atoms with Crippen molar-refractivity contribution >= 4 is 11.6 Å². The second-order valence-electron chi connectivity index (χ2n) is 6.45. The maximum absolute atomic E-state index is 14.1. The molecule has 27 heavy (non-hydrogen) atoms. The number of fused-ring (bicyclic) bond motifs is 1. The van der Waals surface area contributed by atoms with Gasteiger partial charge in [0.25, 0.3) is 5.91 Å². The number of para-hydroxylation sites is 1. The molecule has 0 N–H and O–H groups in total. The third-order valence-corrected chi connectivity index (χ3v) is 4.80. The maximum Gasteiger partial charge on any atom is 0.261 e. The highest BCUT2D eigenvalue weighted by atomic mass is 19.1. The number of aromatic nitrogens is 2. The van der Waals surface area contributed by atoms with E-state index < -0.39 is 23.4 Å². The molecule has 0 saturated heterocycles. The van der Waals surface area contributed by atoms with E-state index in [4.69, 9.17) is 0 Å². The van der Waals surface area contributed by atoms with Crippen molar-refractivity contribution in [3.8, 4) is 5.69 Å². The number of rotatable bonds is 2. The first kappa shape index (κ1) is 17.3. The van der Waals surface area contributed by atoms with Gasteiger partial charge in [0.15, 0.2) is 0 Å². The van der Waals surface area contributed by atoms with Crippen LogP contribution in [0.5, 0.6) is 0 Å². The number of nitrogens with zero attached hydrogens (tertiary/aromatic N) is 3. The lowest BCUT2D eigenvalue weighted by Gasteiger charge is -2.29. The molecule has 0 saturated carbocycles. The molecule has 2 heterocycles. The fourth-order valence-electron chi connectivity index (χ4n) is 3.45. The summed E-state index contributed by atoms with van der Waals surface area (Å²) in [5, 5.41) is 4.13. The van der Waals surface area contributed by atoms with Crippen molar-refractivity contribution in [1.82, 2.24) is 9.78 Å². The van der Waals surface area contributed by atoms with Gasteiger partial charge in [0.2, 0.25) is 0 Å². The highest BCUT2D eigenvalue weighted by Gasteiger charge is 2.29. The number of carbonyl (C=O) groups excluding carboxylic acids is 1. The largest absolute Gasteiger partial charge is 0.308 e. The van der Waals surface area contributed by atoms with E-state index in [-0.39, 0.29) is 16.9 Å². The Bertz CT molecular complexity index is 1040. The number of halogens is 3. The molecule has 1 aliphatic heterocycles. The van der Waals surface area contributed by atoms with Crippen LogP contribution in [0.4, 0.5) is 18.9 Å². The molecule has 0 atom stereocenters. The average molecular weight is 371 g/mol. The molecular weight excluding hydrogens is 355 g/mol. The van der Waals surface area contributed by atoms with Crippen LogP contribution in [0.3, 0.4) is 0 Å². The Balaban J connectivity index is 1.75. The summed E-state index contributed by atoms with van der Waals surface area (Å²) < 4.78 is 43.2. The second kappa shape index (κ2) is 6.57. The highest BCUT2D eigenvalue weighted by Crippen LogP contribution is 2.32. The molecule has 2 aromatic carbocycles. The Morgan fingerprint density at radius 2 is 1.85 bits per heavy atom. The molecule has 3 aromatic rings. The van der Waals surface area contributed by atoms with Crippen LogP contribution < -0.4 is 4.90 Å². The van der Waals surface area contributed by atoms with Gasteiger partial charge in [0, 0.05) is 18.2 Å². The molecule has 138 valence electrons. The first-order chi connectivity index (χ1) is 13.0. The molecule has 1 aromatic heterocycles. The van der Waals surface area contributed by atoms with Crippen molar-refractivity contribution in [2.24, 2.45) is 0 Å². The average Bonchev–Trinajstić information content (AvgIpc) is 3.02. The number of hydrogen-bond acceptors (Lipinski definition) is 2. The van der Waals surface area contributed by atoms with Crippen molar-refractivity contribution in [1.29, 1.82) is 0 Å². The summed E-state index contributed by atoms with van der Waals surface area (Å²) in [5.74, 6) is -2.26. The van der Waals surface area contributed by atoms with E-state index in [1.807, 2.05) is 0 Å². The summed E-state index contributed by atoms with van der Waals surface area (Å²) in [6.45, 7) is 2.00. The van der Waals surface area contributed by atoms with Crippen molar-refractivity contribution in [2.75, 3.05) is 11.4 Å².